The Bertz CT molecular complexity index is 757. The van der Waals surface area contributed by atoms with Crippen LogP contribution in [0, 0.1) is 6.92 Å². The van der Waals surface area contributed by atoms with Gasteiger partial charge >= 0.3 is 0 Å². The summed E-state index contributed by atoms with van der Waals surface area (Å²) in [4.78, 5) is 16.4. The second-order valence-electron chi connectivity index (χ2n) is 5.08. The van der Waals surface area contributed by atoms with Crippen molar-refractivity contribution in [2.75, 3.05) is 7.11 Å². The first-order valence-electron chi connectivity index (χ1n) is 6.98. The molecule has 0 radical (unpaired) electrons. The third kappa shape index (κ3) is 2.91. The van der Waals surface area contributed by atoms with Crippen molar-refractivity contribution < 1.29 is 9.53 Å². The lowest BCUT2D eigenvalue weighted by atomic mass is 10.1. The quantitative estimate of drug-likeness (QED) is 0.884. The van der Waals surface area contributed by atoms with Gasteiger partial charge in [-0.2, -0.15) is 0 Å². The number of carbonyl (C=O) groups is 1. The zero-order valence-electron chi connectivity index (χ0n) is 12.5. The second-order valence-corrected chi connectivity index (χ2v) is 5.08. The molecule has 0 fully saturated rings. The average molecular weight is 292 g/mol. The van der Waals surface area contributed by atoms with Crippen LogP contribution in [0.1, 0.15) is 16.7 Å². The normalized spacial score (nSPS) is 15.6. The van der Waals surface area contributed by atoms with E-state index in [0.717, 1.165) is 16.9 Å². The van der Waals surface area contributed by atoms with E-state index in [1.165, 1.54) is 5.56 Å². The number of hydrogen-bond acceptors (Lipinski definition) is 3. The van der Waals surface area contributed by atoms with Crippen molar-refractivity contribution in [3.63, 3.8) is 0 Å². The zero-order chi connectivity index (χ0) is 15.5. The smallest absolute Gasteiger partial charge is 0.275 e. The van der Waals surface area contributed by atoms with Crippen LogP contribution < -0.4 is 10.1 Å². The van der Waals surface area contributed by atoms with Crippen molar-refractivity contribution in [2.24, 2.45) is 4.99 Å². The van der Waals surface area contributed by atoms with Crippen LogP contribution in [-0.4, -0.2) is 18.9 Å². The molecule has 1 aliphatic heterocycles. The van der Waals surface area contributed by atoms with E-state index in [-0.39, 0.29) is 5.91 Å². The van der Waals surface area contributed by atoms with Crippen molar-refractivity contribution in [3.8, 4) is 5.75 Å². The maximum absolute atomic E-state index is 12.0. The van der Waals surface area contributed by atoms with E-state index in [1.54, 1.807) is 13.2 Å². The Labute approximate surface area is 129 Å². The molecule has 0 atom stereocenters. The average Bonchev–Trinajstić information content (AvgIpc) is 2.90. The number of hydrogen-bond donors (Lipinski definition) is 1. The molecule has 1 amide bonds. The number of aliphatic imine (C=N–C) groups is 1. The number of carbonyl (C=O) groups excluding carboxylic acids is 1. The van der Waals surface area contributed by atoms with Crippen LogP contribution in [0.4, 0.5) is 0 Å². The van der Waals surface area contributed by atoms with Gasteiger partial charge in [0.15, 0.2) is 0 Å². The molecule has 0 saturated heterocycles. The summed E-state index contributed by atoms with van der Waals surface area (Å²) in [6.07, 6.45) is 1.76. The topological polar surface area (TPSA) is 50.7 Å². The standard InChI is InChI=1S/C18H16N2O2/c1-12-3-7-14(8-4-12)17-19-16(18(21)20-17)11-13-5-9-15(22-2)10-6-13/h3-11H,1-2H3,(H,19,20,21)/b16-11-. The highest BCUT2D eigenvalue weighted by Crippen LogP contribution is 2.17. The van der Waals surface area contributed by atoms with Gasteiger partial charge in [0.2, 0.25) is 0 Å². The third-order valence-electron chi connectivity index (χ3n) is 3.44. The molecule has 3 rings (SSSR count). The first-order chi connectivity index (χ1) is 10.7. The van der Waals surface area contributed by atoms with Crippen molar-refractivity contribution in [1.29, 1.82) is 0 Å². The summed E-state index contributed by atoms with van der Waals surface area (Å²) in [5.74, 6) is 1.18. The molecule has 22 heavy (non-hydrogen) atoms. The number of methoxy groups -OCH3 is 1. The molecule has 1 heterocycles. The lowest BCUT2D eigenvalue weighted by molar-refractivity contribution is -0.115. The summed E-state index contributed by atoms with van der Waals surface area (Å²) >= 11 is 0. The monoisotopic (exact) mass is 292 g/mol. The van der Waals surface area contributed by atoms with Gasteiger partial charge in [0.05, 0.1) is 7.11 Å². The third-order valence-corrected chi connectivity index (χ3v) is 3.44. The van der Waals surface area contributed by atoms with Crippen molar-refractivity contribution >= 4 is 17.8 Å². The van der Waals surface area contributed by atoms with Crippen LogP contribution in [0.5, 0.6) is 5.75 Å². The van der Waals surface area contributed by atoms with Gasteiger partial charge in [0.1, 0.15) is 17.3 Å². The first kappa shape index (κ1) is 14.1. The summed E-state index contributed by atoms with van der Waals surface area (Å²) in [6, 6.07) is 15.4. The predicted molar refractivity (Wildman–Crippen MR) is 86.8 cm³/mol. The number of aryl methyl sites for hydroxylation is 1. The Hall–Kier alpha value is -2.88. The first-order valence-corrected chi connectivity index (χ1v) is 6.98. The number of rotatable bonds is 3. The van der Waals surface area contributed by atoms with Crippen LogP contribution >= 0.6 is 0 Å². The van der Waals surface area contributed by atoms with Crippen LogP contribution in [0.25, 0.3) is 6.08 Å². The molecule has 2 aromatic rings. The van der Waals surface area contributed by atoms with Crippen LogP contribution in [0.15, 0.2) is 59.2 Å². The molecule has 4 heteroatoms. The minimum Gasteiger partial charge on any atom is -0.497 e. The summed E-state index contributed by atoms with van der Waals surface area (Å²) in [7, 11) is 1.62. The maximum atomic E-state index is 12.0. The highest BCUT2D eigenvalue weighted by molar-refractivity contribution is 6.19. The van der Waals surface area contributed by atoms with Gasteiger partial charge in [0.25, 0.3) is 5.91 Å². The lowest BCUT2D eigenvalue weighted by Crippen LogP contribution is -2.24. The fourth-order valence-corrected chi connectivity index (χ4v) is 2.17. The molecular weight excluding hydrogens is 276 g/mol. The van der Waals surface area contributed by atoms with Gasteiger partial charge in [-0.25, -0.2) is 4.99 Å². The highest BCUT2D eigenvalue weighted by atomic mass is 16.5. The predicted octanol–water partition coefficient (Wildman–Crippen LogP) is 2.92. The lowest BCUT2D eigenvalue weighted by Gasteiger charge is -2.00. The Balaban J connectivity index is 1.88. The zero-order valence-corrected chi connectivity index (χ0v) is 12.5. The SMILES string of the molecule is COc1ccc(/C=C2\N=C(c3ccc(C)cc3)NC2=O)cc1. The molecule has 0 aliphatic carbocycles. The van der Waals surface area contributed by atoms with E-state index in [4.69, 9.17) is 4.74 Å². The van der Waals surface area contributed by atoms with Gasteiger partial charge in [-0.15, -0.1) is 0 Å². The van der Waals surface area contributed by atoms with E-state index in [0.29, 0.717) is 11.5 Å². The number of benzene rings is 2. The number of nitrogens with zero attached hydrogens (tertiary/aromatic N) is 1. The molecule has 4 nitrogen and oxygen atoms in total. The fourth-order valence-electron chi connectivity index (χ4n) is 2.17. The molecule has 2 aromatic carbocycles. The van der Waals surface area contributed by atoms with E-state index < -0.39 is 0 Å². The maximum Gasteiger partial charge on any atom is 0.275 e. The van der Waals surface area contributed by atoms with Crippen LogP contribution in [0.3, 0.4) is 0 Å². The Morgan fingerprint density at radius 3 is 2.36 bits per heavy atom. The van der Waals surface area contributed by atoms with E-state index in [2.05, 4.69) is 10.3 Å². The number of ether oxygens (including phenoxy) is 1. The number of nitrogens with one attached hydrogen (secondary N) is 1. The fraction of sp³-hybridized carbons (Fsp3) is 0.111. The summed E-state index contributed by atoms with van der Waals surface area (Å²) < 4.78 is 5.12. The summed E-state index contributed by atoms with van der Waals surface area (Å²) in [6.45, 7) is 2.02. The van der Waals surface area contributed by atoms with E-state index in [9.17, 15) is 4.79 Å². The van der Waals surface area contributed by atoms with E-state index >= 15 is 0 Å². The second kappa shape index (κ2) is 5.85. The van der Waals surface area contributed by atoms with Gasteiger partial charge in [0, 0.05) is 5.56 Å². The van der Waals surface area contributed by atoms with Crippen LogP contribution in [0.2, 0.25) is 0 Å². The largest absolute Gasteiger partial charge is 0.497 e. The molecule has 0 spiro atoms. The molecule has 1 N–H and O–H groups in total. The minimum absolute atomic E-state index is 0.189. The molecule has 0 aromatic heterocycles. The molecule has 0 saturated carbocycles. The number of amidine groups is 1. The van der Waals surface area contributed by atoms with Crippen molar-refractivity contribution in [2.45, 2.75) is 6.92 Å². The Morgan fingerprint density at radius 2 is 1.73 bits per heavy atom. The van der Waals surface area contributed by atoms with E-state index in [1.807, 2.05) is 55.5 Å². The molecule has 110 valence electrons. The molecular formula is C18H16N2O2. The molecule has 0 bridgehead atoms. The Morgan fingerprint density at radius 1 is 1.05 bits per heavy atom. The van der Waals surface area contributed by atoms with Crippen molar-refractivity contribution in [3.05, 3.63) is 70.9 Å². The Kier molecular flexibility index (Phi) is 3.74. The summed E-state index contributed by atoms with van der Waals surface area (Å²) in [5, 5.41) is 2.80. The van der Waals surface area contributed by atoms with Crippen LogP contribution in [-0.2, 0) is 4.79 Å². The van der Waals surface area contributed by atoms with Gasteiger partial charge in [-0.1, -0.05) is 42.0 Å². The minimum atomic E-state index is -0.189. The van der Waals surface area contributed by atoms with Gasteiger partial charge in [-0.05, 0) is 30.7 Å². The molecule has 0 unspecified atom stereocenters. The van der Waals surface area contributed by atoms with Crippen molar-refractivity contribution in [1.82, 2.24) is 5.32 Å². The summed E-state index contributed by atoms with van der Waals surface area (Å²) in [5.41, 5.74) is 3.38. The highest BCUT2D eigenvalue weighted by Gasteiger charge is 2.20. The number of amides is 1. The molecule has 1 aliphatic rings. The van der Waals surface area contributed by atoms with Gasteiger partial charge in [-0.3, -0.25) is 4.79 Å². The van der Waals surface area contributed by atoms with Gasteiger partial charge < -0.3 is 10.1 Å².